The molecule has 1 saturated heterocycles. The summed E-state index contributed by atoms with van der Waals surface area (Å²) in [6.07, 6.45) is 4.81. The van der Waals surface area contributed by atoms with Crippen LogP contribution in [0.25, 0.3) is 0 Å². The number of thiol groups is 1. The lowest BCUT2D eigenvalue weighted by Gasteiger charge is -2.15. The van der Waals surface area contributed by atoms with Crippen LogP contribution in [-0.2, 0) is 0 Å². The summed E-state index contributed by atoms with van der Waals surface area (Å²) in [4.78, 5) is 10.5. The van der Waals surface area contributed by atoms with Crippen LogP contribution in [0.4, 0.5) is 4.79 Å². The Kier molecular flexibility index (Phi) is 3.72. The first kappa shape index (κ1) is 8.87. The second-order valence-electron chi connectivity index (χ2n) is 2.81. The van der Waals surface area contributed by atoms with Crippen LogP contribution in [0, 0.1) is 0 Å². The van der Waals surface area contributed by atoms with Crippen molar-refractivity contribution in [2.75, 3.05) is 6.54 Å². The molecule has 1 atom stereocenters. The summed E-state index contributed by atoms with van der Waals surface area (Å²) < 4.78 is 0. The molecule has 4 heteroatoms. The van der Waals surface area contributed by atoms with Gasteiger partial charge in [-0.05, 0) is 19.4 Å². The first-order chi connectivity index (χ1) is 5.29. The molecule has 1 aliphatic rings. The van der Waals surface area contributed by atoms with Crippen LogP contribution in [0.15, 0.2) is 0 Å². The Hall–Kier alpha value is -0.220. The van der Waals surface area contributed by atoms with Crippen molar-refractivity contribution in [2.45, 2.75) is 31.8 Å². The van der Waals surface area contributed by atoms with Crippen molar-refractivity contribution in [3.63, 3.8) is 0 Å². The molecule has 0 aliphatic carbocycles. The highest BCUT2D eigenvalue weighted by Crippen LogP contribution is 2.06. The van der Waals surface area contributed by atoms with E-state index in [9.17, 15) is 4.79 Å². The summed E-state index contributed by atoms with van der Waals surface area (Å²) in [6, 6.07) is 0. The van der Waals surface area contributed by atoms with Crippen LogP contribution >= 0.6 is 12.6 Å². The number of nitrogens with one attached hydrogen (secondary N) is 2. The van der Waals surface area contributed by atoms with Gasteiger partial charge >= 0.3 is 0 Å². The minimum atomic E-state index is -0.246. The average Bonchev–Trinajstić information content (AvgIpc) is 2.14. The molecule has 0 spiro atoms. The fourth-order valence-corrected chi connectivity index (χ4v) is 1.46. The Morgan fingerprint density at radius 2 is 2.27 bits per heavy atom. The largest absolute Gasteiger partial charge is 0.332 e. The average molecular weight is 174 g/mol. The van der Waals surface area contributed by atoms with Gasteiger partial charge in [0, 0.05) is 0 Å². The predicted octanol–water partition coefficient (Wildman–Crippen LogP) is 1.12. The molecule has 64 valence electrons. The second-order valence-corrected chi connectivity index (χ2v) is 3.21. The molecule has 3 nitrogen and oxygen atoms in total. The van der Waals surface area contributed by atoms with E-state index in [1.54, 1.807) is 0 Å². The van der Waals surface area contributed by atoms with Crippen molar-refractivity contribution < 1.29 is 4.79 Å². The summed E-state index contributed by atoms with van der Waals surface area (Å²) in [5, 5.41) is 5.72. The van der Waals surface area contributed by atoms with E-state index in [-0.39, 0.29) is 11.4 Å². The third kappa shape index (κ3) is 3.62. The summed E-state index contributed by atoms with van der Waals surface area (Å²) in [5.74, 6) is 0. The van der Waals surface area contributed by atoms with Crippen molar-refractivity contribution in [3.8, 4) is 0 Å². The molecule has 0 bridgehead atoms. The van der Waals surface area contributed by atoms with Crippen LogP contribution in [0.3, 0.4) is 0 Å². The van der Waals surface area contributed by atoms with Crippen LogP contribution < -0.4 is 10.6 Å². The molecule has 1 amide bonds. The molecule has 1 rings (SSSR count). The van der Waals surface area contributed by atoms with Gasteiger partial charge in [0.15, 0.2) is 0 Å². The summed E-state index contributed by atoms with van der Waals surface area (Å²) in [5.41, 5.74) is 0. The lowest BCUT2D eigenvalue weighted by Crippen LogP contribution is -2.42. The van der Waals surface area contributed by atoms with Crippen molar-refractivity contribution in [1.82, 2.24) is 10.6 Å². The van der Waals surface area contributed by atoms with Crippen molar-refractivity contribution in [2.24, 2.45) is 0 Å². The minimum absolute atomic E-state index is 0.141. The number of hydrogen-bond acceptors (Lipinski definition) is 2. The third-order valence-electron chi connectivity index (χ3n) is 1.86. The molecule has 2 N–H and O–H groups in total. The topological polar surface area (TPSA) is 41.1 Å². The van der Waals surface area contributed by atoms with Gasteiger partial charge < -0.3 is 5.32 Å². The molecular formula is C7H14N2OS. The zero-order valence-corrected chi connectivity index (χ0v) is 7.36. The number of carbonyl (C=O) groups excluding carboxylic acids is 1. The quantitative estimate of drug-likeness (QED) is 0.521. The molecule has 0 aromatic heterocycles. The van der Waals surface area contributed by atoms with E-state index in [1.165, 1.54) is 19.3 Å². The monoisotopic (exact) mass is 174 g/mol. The molecule has 0 aromatic rings. The third-order valence-corrected chi connectivity index (χ3v) is 1.99. The number of hydrogen-bond donors (Lipinski definition) is 3. The smallest absolute Gasteiger partial charge is 0.277 e. The van der Waals surface area contributed by atoms with E-state index in [2.05, 4.69) is 23.3 Å². The summed E-state index contributed by atoms with van der Waals surface area (Å²) in [6.45, 7) is 0.999. The fourth-order valence-electron chi connectivity index (χ4n) is 1.30. The highest BCUT2D eigenvalue weighted by atomic mass is 32.1. The number of rotatable bonds is 1. The van der Waals surface area contributed by atoms with Crippen molar-refractivity contribution in [1.29, 1.82) is 0 Å². The van der Waals surface area contributed by atoms with E-state index in [0.717, 1.165) is 13.0 Å². The van der Waals surface area contributed by atoms with Gasteiger partial charge in [-0.2, -0.15) is 0 Å². The maximum absolute atomic E-state index is 10.5. The Labute approximate surface area is 72.3 Å². The van der Waals surface area contributed by atoms with E-state index >= 15 is 0 Å². The molecule has 0 saturated carbocycles. The predicted molar refractivity (Wildman–Crippen MR) is 47.8 cm³/mol. The van der Waals surface area contributed by atoms with Crippen LogP contribution in [0.5, 0.6) is 0 Å². The standard InChI is InChI=1S/C7H14N2OS/c10-7(11)9-6-4-2-1-3-5-8-6/h6,8H,1-5H2,(H2,9,10,11). The first-order valence-corrected chi connectivity index (χ1v) is 4.46. The zero-order chi connectivity index (χ0) is 8.10. The van der Waals surface area contributed by atoms with Crippen LogP contribution in [0.1, 0.15) is 25.7 Å². The maximum atomic E-state index is 10.5. The normalized spacial score (nSPS) is 25.7. The fraction of sp³-hybridized carbons (Fsp3) is 0.857. The molecule has 1 fully saturated rings. The summed E-state index contributed by atoms with van der Waals surface area (Å²) in [7, 11) is 0. The number of amides is 1. The van der Waals surface area contributed by atoms with E-state index in [4.69, 9.17) is 0 Å². The Bertz CT molecular complexity index is 132. The van der Waals surface area contributed by atoms with Gasteiger partial charge in [0.25, 0.3) is 5.24 Å². The highest BCUT2D eigenvalue weighted by Gasteiger charge is 2.11. The highest BCUT2D eigenvalue weighted by molar-refractivity contribution is 7.96. The zero-order valence-electron chi connectivity index (χ0n) is 6.47. The summed E-state index contributed by atoms with van der Waals surface area (Å²) >= 11 is 3.65. The molecule has 1 unspecified atom stereocenters. The van der Waals surface area contributed by atoms with Crippen molar-refractivity contribution >= 4 is 17.9 Å². The van der Waals surface area contributed by atoms with Gasteiger partial charge in [-0.1, -0.05) is 25.5 Å². The van der Waals surface area contributed by atoms with E-state index < -0.39 is 0 Å². The Morgan fingerprint density at radius 1 is 1.45 bits per heavy atom. The number of carbonyl (C=O) groups is 1. The van der Waals surface area contributed by atoms with Gasteiger partial charge in [0.2, 0.25) is 0 Å². The van der Waals surface area contributed by atoms with Gasteiger partial charge in [-0.25, -0.2) is 0 Å². The molecule has 11 heavy (non-hydrogen) atoms. The van der Waals surface area contributed by atoms with E-state index in [0.29, 0.717) is 0 Å². The molecule has 1 aliphatic heterocycles. The Balaban J connectivity index is 2.25. The van der Waals surface area contributed by atoms with Crippen LogP contribution in [0.2, 0.25) is 0 Å². The first-order valence-electron chi connectivity index (χ1n) is 4.02. The minimum Gasteiger partial charge on any atom is -0.332 e. The van der Waals surface area contributed by atoms with E-state index in [1.807, 2.05) is 0 Å². The SMILES string of the molecule is O=C(S)NC1CCCCCN1. The molecule has 1 heterocycles. The maximum Gasteiger partial charge on any atom is 0.277 e. The lowest BCUT2D eigenvalue weighted by atomic mass is 10.2. The van der Waals surface area contributed by atoms with Gasteiger partial charge in [-0.3, -0.25) is 10.1 Å². The van der Waals surface area contributed by atoms with Crippen LogP contribution in [-0.4, -0.2) is 17.9 Å². The lowest BCUT2D eigenvalue weighted by molar-refractivity contribution is 0.254. The Morgan fingerprint density at radius 3 is 3.00 bits per heavy atom. The van der Waals surface area contributed by atoms with Gasteiger partial charge in [0.1, 0.15) is 0 Å². The second kappa shape index (κ2) is 4.62. The van der Waals surface area contributed by atoms with Gasteiger partial charge in [-0.15, -0.1) is 0 Å². The van der Waals surface area contributed by atoms with Gasteiger partial charge in [0.05, 0.1) is 6.17 Å². The molecular weight excluding hydrogens is 160 g/mol. The molecule has 0 aromatic carbocycles. The molecule has 0 radical (unpaired) electrons. The van der Waals surface area contributed by atoms with Crippen molar-refractivity contribution in [3.05, 3.63) is 0 Å².